The number of imide groups is 1. The molecule has 3 fully saturated rings. The highest BCUT2D eigenvalue weighted by molar-refractivity contribution is 6.07. The summed E-state index contributed by atoms with van der Waals surface area (Å²) in [4.78, 5) is 27.9. The van der Waals surface area contributed by atoms with Crippen LogP contribution < -0.4 is 10.6 Å². The third kappa shape index (κ3) is 2.33. The van der Waals surface area contributed by atoms with Crippen LogP contribution in [0.4, 0.5) is 4.79 Å². The fraction of sp³-hybridized carbons (Fsp3) is 0.833. The van der Waals surface area contributed by atoms with E-state index in [1.807, 2.05) is 0 Å². The molecule has 3 rings (SSSR count). The Bertz CT molecular complexity index is 375. The highest BCUT2D eigenvalue weighted by atomic mass is 16.5. The zero-order valence-corrected chi connectivity index (χ0v) is 11.0. The minimum absolute atomic E-state index is 0.0734. The van der Waals surface area contributed by atoms with Gasteiger partial charge >= 0.3 is 6.03 Å². The van der Waals surface area contributed by atoms with Crippen molar-refractivity contribution in [2.24, 2.45) is 0 Å². The summed E-state index contributed by atoms with van der Waals surface area (Å²) in [5.74, 6) is -0.0734. The molecule has 0 bridgehead atoms. The average molecular weight is 268 g/mol. The second kappa shape index (κ2) is 5.07. The second-order valence-corrected chi connectivity index (χ2v) is 5.35. The predicted octanol–water partition coefficient (Wildman–Crippen LogP) is -1.40. The molecule has 7 heteroatoms. The minimum atomic E-state index is -0.678. The topological polar surface area (TPSA) is 73.9 Å². The van der Waals surface area contributed by atoms with E-state index < -0.39 is 5.54 Å². The molecular weight excluding hydrogens is 248 g/mol. The third-order valence-corrected chi connectivity index (χ3v) is 4.14. The maximum Gasteiger partial charge on any atom is 0.325 e. The first-order valence-corrected chi connectivity index (χ1v) is 6.86. The van der Waals surface area contributed by atoms with E-state index in [0.29, 0.717) is 19.5 Å². The van der Waals surface area contributed by atoms with Crippen molar-refractivity contribution in [1.29, 1.82) is 0 Å². The molecule has 7 nitrogen and oxygen atoms in total. The Morgan fingerprint density at radius 2 is 2.00 bits per heavy atom. The van der Waals surface area contributed by atoms with E-state index in [0.717, 1.165) is 39.4 Å². The summed E-state index contributed by atoms with van der Waals surface area (Å²) in [6.07, 6.45) is 0.686. The molecule has 1 atom stereocenters. The van der Waals surface area contributed by atoms with Crippen LogP contribution in [0.1, 0.15) is 6.42 Å². The van der Waals surface area contributed by atoms with Crippen LogP contribution in [0.3, 0.4) is 0 Å². The molecule has 3 amide bonds. The van der Waals surface area contributed by atoms with Crippen LogP contribution in [0.25, 0.3) is 0 Å². The van der Waals surface area contributed by atoms with Gasteiger partial charge in [0.05, 0.1) is 13.2 Å². The number of carbonyl (C=O) groups excluding carboxylic acids is 2. The number of carbonyl (C=O) groups is 2. The SMILES string of the molecule is O=C1NC2(CCNC2)C(=O)N1CCN1CCOCC1. The van der Waals surface area contributed by atoms with E-state index in [1.54, 1.807) is 0 Å². The van der Waals surface area contributed by atoms with E-state index in [1.165, 1.54) is 4.90 Å². The summed E-state index contributed by atoms with van der Waals surface area (Å²) in [7, 11) is 0. The number of nitrogens with one attached hydrogen (secondary N) is 2. The summed E-state index contributed by atoms with van der Waals surface area (Å²) in [5.41, 5.74) is -0.678. The summed E-state index contributed by atoms with van der Waals surface area (Å²) >= 11 is 0. The van der Waals surface area contributed by atoms with E-state index in [4.69, 9.17) is 4.74 Å². The number of ether oxygens (including phenoxy) is 1. The number of hydrogen-bond acceptors (Lipinski definition) is 5. The van der Waals surface area contributed by atoms with Crippen molar-refractivity contribution in [2.45, 2.75) is 12.0 Å². The normalized spacial score (nSPS) is 32.3. The van der Waals surface area contributed by atoms with Crippen LogP contribution in [-0.4, -0.2) is 79.8 Å². The summed E-state index contributed by atoms with van der Waals surface area (Å²) in [6, 6.07) is -0.248. The number of nitrogens with zero attached hydrogens (tertiary/aromatic N) is 2. The fourth-order valence-corrected chi connectivity index (χ4v) is 2.93. The molecule has 0 aromatic carbocycles. The zero-order valence-electron chi connectivity index (χ0n) is 11.0. The van der Waals surface area contributed by atoms with Gasteiger partial charge in [0.25, 0.3) is 5.91 Å². The lowest BCUT2D eigenvalue weighted by molar-refractivity contribution is -0.130. The quantitative estimate of drug-likeness (QED) is 0.616. The molecule has 1 unspecified atom stereocenters. The van der Waals surface area contributed by atoms with Crippen LogP contribution in [0.15, 0.2) is 0 Å². The van der Waals surface area contributed by atoms with Crippen LogP contribution >= 0.6 is 0 Å². The highest BCUT2D eigenvalue weighted by Crippen LogP contribution is 2.23. The van der Waals surface area contributed by atoms with Gasteiger partial charge < -0.3 is 15.4 Å². The van der Waals surface area contributed by atoms with Crippen molar-refractivity contribution in [3.8, 4) is 0 Å². The first kappa shape index (κ1) is 12.8. The standard InChI is InChI=1S/C12H20N4O3/c17-10-12(1-2-13-9-12)14-11(18)16(10)4-3-15-5-7-19-8-6-15/h13H,1-9H2,(H,14,18). The van der Waals surface area contributed by atoms with Crippen molar-refractivity contribution in [1.82, 2.24) is 20.4 Å². The predicted molar refractivity (Wildman–Crippen MR) is 67.7 cm³/mol. The van der Waals surface area contributed by atoms with E-state index in [9.17, 15) is 9.59 Å². The number of urea groups is 1. The summed E-state index contributed by atoms with van der Waals surface area (Å²) in [6.45, 7) is 5.72. The Morgan fingerprint density at radius 1 is 1.21 bits per heavy atom. The van der Waals surface area contributed by atoms with Crippen LogP contribution in [0.5, 0.6) is 0 Å². The fourth-order valence-electron chi connectivity index (χ4n) is 2.93. The Labute approximate surface area is 112 Å². The van der Waals surface area contributed by atoms with Crippen molar-refractivity contribution in [2.75, 3.05) is 52.5 Å². The van der Waals surface area contributed by atoms with Crippen molar-refractivity contribution >= 4 is 11.9 Å². The maximum absolute atomic E-state index is 12.4. The van der Waals surface area contributed by atoms with Crippen molar-refractivity contribution in [3.05, 3.63) is 0 Å². The molecule has 3 aliphatic rings. The van der Waals surface area contributed by atoms with E-state index in [-0.39, 0.29) is 11.9 Å². The molecule has 19 heavy (non-hydrogen) atoms. The van der Waals surface area contributed by atoms with Gasteiger partial charge in [-0.1, -0.05) is 0 Å². The number of amides is 3. The number of rotatable bonds is 3. The van der Waals surface area contributed by atoms with Gasteiger partial charge in [0.1, 0.15) is 5.54 Å². The smallest absolute Gasteiger partial charge is 0.325 e. The molecule has 2 N–H and O–H groups in total. The Balaban J connectivity index is 1.58. The zero-order chi connectivity index (χ0) is 13.3. The van der Waals surface area contributed by atoms with E-state index in [2.05, 4.69) is 15.5 Å². The van der Waals surface area contributed by atoms with Crippen molar-refractivity contribution < 1.29 is 14.3 Å². The van der Waals surface area contributed by atoms with Crippen molar-refractivity contribution in [3.63, 3.8) is 0 Å². The van der Waals surface area contributed by atoms with Gasteiger partial charge in [-0.05, 0) is 13.0 Å². The monoisotopic (exact) mass is 268 g/mol. The lowest BCUT2D eigenvalue weighted by Crippen LogP contribution is -2.49. The molecule has 3 saturated heterocycles. The molecule has 0 radical (unpaired) electrons. The molecule has 0 aromatic heterocycles. The van der Waals surface area contributed by atoms with Gasteiger partial charge in [0.2, 0.25) is 0 Å². The first-order valence-electron chi connectivity index (χ1n) is 6.86. The number of morpholine rings is 1. The largest absolute Gasteiger partial charge is 0.379 e. The van der Waals surface area contributed by atoms with Gasteiger partial charge in [-0.15, -0.1) is 0 Å². The Morgan fingerprint density at radius 3 is 2.68 bits per heavy atom. The number of hydrogen-bond donors (Lipinski definition) is 2. The average Bonchev–Trinajstić information content (AvgIpc) is 2.97. The first-order chi connectivity index (χ1) is 9.21. The third-order valence-electron chi connectivity index (χ3n) is 4.14. The summed E-state index contributed by atoms with van der Waals surface area (Å²) in [5, 5.41) is 5.99. The highest BCUT2D eigenvalue weighted by Gasteiger charge is 2.52. The van der Waals surface area contributed by atoms with Crippen LogP contribution in [0, 0.1) is 0 Å². The van der Waals surface area contributed by atoms with Crippen LogP contribution in [-0.2, 0) is 9.53 Å². The molecule has 1 spiro atoms. The molecular formula is C12H20N4O3. The van der Waals surface area contributed by atoms with Gasteiger partial charge in [0.15, 0.2) is 0 Å². The van der Waals surface area contributed by atoms with Crippen LogP contribution in [0.2, 0.25) is 0 Å². The molecule has 0 saturated carbocycles. The second-order valence-electron chi connectivity index (χ2n) is 5.35. The Hall–Kier alpha value is -1.18. The van der Waals surface area contributed by atoms with E-state index >= 15 is 0 Å². The van der Waals surface area contributed by atoms with Gasteiger partial charge in [-0.25, -0.2) is 4.79 Å². The summed E-state index contributed by atoms with van der Waals surface area (Å²) < 4.78 is 5.28. The maximum atomic E-state index is 12.4. The Kier molecular flexibility index (Phi) is 3.42. The lowest BCUT2D eigenvalue weighted by Gasteiger charge is -2.28. The molecule has 0 aliphatic carbocycles. The molecule has 3 heterocycles. The molecule has 3 aliphatic heterocycles. The lowest BCUT2D eigenvalue weighted by atomic mass is 9.99. The van der Waals surface area contributed by atoms with Gasteiger partial charge in [-0.3, -0.25) is 14.6 Å². The van der Waals surface area contributed by atoms with Gasteiger partial charge in [0, 0.05) is 32.7 Å². The molecule has 0 aromatic rings. The molecule has 106 valence electrons. The minimum Gasteiger partial charge on any atom is -0.379 e. The van der Waals surface area contributed by atoms with Gasteiger partial charge in [-0.2, -0.15) is 0 Å².